The van der Waals surface area contributed by atoms with Crippen molar-refractivity contribution in [3.8, 4) is 0 Å². The van der Waals surface area contributed by atoms with E-state index in [0.717, 1.165) is 12.8 Å². The topological polar surface area (TPSA) is 26.3 Å². The molecule has 0 radical (unpaired) electrons. The summed E-state index contributed by atoms with van der Waals surface area (Å²) in [6, 6.07) is 0. The maximum absolute atomic E-state index is 11.9. The van der Waals surface area contributed by atoms with Crippen LogP contribution in [0.25, 0.3) is 0 Å². The zero-order chi connectivity index (χ0) is 29.0. The third-order valence-corrected chi connectivity index (χ3v) is 8.75. The van der Waals surface area contributed by atoms with Crippen LogP contribution in [0.5, 0.6) is 0 Å². The van der Waals surface area contributed by atoms with Gasteiger partial charge in [0.1, 0.15) is 0 Å². The molecule has 0 aromatic carbocycles. The van der Waals surface area contributed by atoms with Gasteiger partial charge in [-0.1, -0.05) is 213 Å². The van der Waals surface area contributed by atoms with Gasteiger partial charge in [-0.05, 0) is 12.8 Å². The molecule has 0 unspecified atom stereocenters. The smallest absolute Gasteiger partial charge is 0.305 e. The molecule has 2 heteroatoms. The van der Waals surface area contributed by atoms with E-state index in [0.29, 0.717) is 13.0 Å². The average molecular weight is 565 g/mol. The van der Waals surface area contributed by atoms with Crippen molar-refractivity contribution in [1.29, 1.82) is 0 Å². The molecule has 240 valence electrons. The van der Waals surface area contributed by atoms with Crippen molar-refractivity contribution in [2.24, 2.45) is 0 Å². The van der Waals surface area contributed by atoms with E-state index in [1.54, 1.807) is 0 Å². The largest absolute Gasteiger partial charge is 0.466 e. The van der Waals surface area contributed by atoms with E-state index in [9.17, 15) is 4.79 Å². The van der Waals surface area contributed by atoms with E-state index in [1.807, 2.05) is 0 Å². The molecular weight excluding hydrogens is 488 g/mol. The molecule has 0 bridgehead atoms. The summed E-state index contributed by atoms with van der Waals surface area (Å²) >= 11 is 0. The summed E-state index contributed by atoms with van der Waals surface area (Å²) in [5.74, 6) is 0.0280. The fraction of sp³-hybridized carbons (Fsp3) is 0.974. The number of carbonyl (C=O) groups excluding carboxylic acids is 1. The zero-order valence-corrected chi connectivity index (χ0v) is 28.1. The van der Waals surface area contributed by atoms with Crippen LogP contribution in [-0.4, -0.2) is 12.6 Å². The van der Waals surface area contributed by atoms with Crippen LogP contribution < -0.4 is 0 Å². The molecule has 0 aromatic heterocycles. The van der Waals surface area contributed by atoms with Gasteiger partial charge in [0.05, 0.1) is 6.61 Å². The standard InChI is InChI=1S/C38H76O2/c1-3-5-7-9-11-13-15-16-17-18-19-20-21-22-23-24-25-26-28-30-32-34-36-38(39)40-37-35-33-31-29-27-14-12-10-8-6-4-2/h3-37H2,1-2H3. The number of rotatable bonds is 35. The van der Waals surface area contributed by atoms with Crippen LogP contribution in [0.4, 0.5) is 0 Å². The first-order chi connectivity index (χ1) is 19.8. The summed E-state index contributed by atoms with van der Waals surface area (Å²) < 4.78 is 5.43. The van der Waals surface area contributed by atoms with E-state index in [4.69, 9.17) is 4.74 Å². The first-order valence-corrected chi connectivity index (χ1v) is 19.0. The molecule has 2 nitrogen and oxygen atoms in total. The second-order valence-electron chi connectivity index (χ2n) is 12.9. The monoisotopic (exact) mass is 565 g/mol. The fourth-order valence-corrected chi connectivity index (χ4v) is 5.90. The Morgan fingerprint density at radius 1 is 0.325 bits per heavy atom. The third kappa shape index (κ3) is 35.5. The lowest BCUT2D eigenvalue weighted by atomic mass is 10.0. The minimum atomic E-state index is 0.0280. The van der Waals surface area contributed by atoms with Gasteiger partial charge in [0.25, 0.3) is 0 Å². The van der Waals surface area contributed by atoms with Gasteiger partial charge in [-0.3, -0.25) is 4.79 Å². The van der Waals surface area contributed by atoms with Gasteiger partial charge in [0, 0.05) is 6.42 Å². The average Bonchev–Trinajstić information content (AvgIpc) is 2.96. The number of carbonyl (C=O) groups is 1. The van der Waals surface area contributed by atoms with Crippen LogP contribution in [0.2, 0.25) is 0 Å². The van der Waals surface area contributed by atoms with Crippen LogP contribution in [0.15, 0.2) is 0 Å². The second kappa shape index (κ2) is 36.5. The summed E-state index contributed by atoms with van der Waals surface area (Å²) in [6.07, 6.45) is 46.1. The Kier molecular flexibility index (Phi) is 36.0. The highest BCUT2D eigenvalue weighted by atomic mass is 16.5. The van der Waals surface area contributed by atoms with E-state index >= 15 is 0 Å². The Labute approximate surface area is 254 Å². The van der Waals surface area contributed by atoms with Crippen molar-refractivity contribution >= 4 is 5.97 Å². The molecule has 0 aliphatic carbocycles. The van der Waals surface area contributed by atoms with Crippen molar-refractivity contribution in [2.75, 3.05) is 6.61 Å². The Morgan fingerprint density at radius 3 is 0.825 bits per heavy atom. The molecule has 0 saturated carbocycles. The van der Waals surface area contributed by atoms with Gasteiger partial charge in [-0.25, -0.2) is 0 Å². The second-order valence-corrected chi connectivity index (χ2v) is 12.9. The van der Waals surface area contributed by atoms with Crippen molar-refractivity contribution in [3.63, 3.8) is 0 Å². The van der Waals surface area contributed by atoms with Gasteiger partial charge in [-0.15, -0.1) is 0 Å². The molecule has 0 atom stereocenters. The Balaban J connectivity index is 3.13. The molecule has 0 aliphatic rings. The van der Waals surface area contributed by atoms with E-state index in [2.05, 4.69) is 13.8 Å². The number of hydrogen-bond acceptors (Lipinski definition) is 2. The minimum Gasteiger partial charge on any atom is -0.466 e. The molecule has 0 spiro atoms. The molecule has 0 amide bonds. The van der Waals surface area contributed by atoms with Gasteiger partial charge < -0.3 is 4.74 Å². The van der Waals surface area contributed by atoms with Crippen LogP contribution in [0.1, 0.15) is 232 Å². The molecule has 0 rings (SSSR count). The van der Waals surface area contributed by atoms with Crippen LogP contribution >= 0.6 is 0 Å². The van der Waals surface area contributed by atoms with Crippen LogP contribution in [0, 0.1) is 0 Å². The molecule has 0 aromatic rings. The van der Waals surface area contributed by atoms with Crippen LogP contribution in [-0.2, 0) is 9.53 Å². The SMILES string of the molecule is CCCCCCCCCCCCCCCCCCCCCCCCC(=O)OCCCCCCCCCCCCC. The third-order valence-electron chi connectivity index (χ3n) is 8.75. The molecular formula is C38H76O2. The summed E-state index contributed by atoms with van der Waals surface area (Å²) in [5.41, 5.74) is 0. The molecule has 0 N–H and O–H groups in total. The summed E-state index contributed by atoms with van der Waals surface area (Å²) in [5, 5.41) is 0. The highest BCUT2D eigenvalue weighted by molar-refractivity contribution is 5.69. The van der Waals surface area contributed by atoms with E-state index < -0.39 is 0 Å². The van der Waals surface area contributed by atoms with E-state index in [-0.39, 0.29) is 5.97 Å². The Morgan fingerprint density at radius 2 is 0.550 bits per heavy atom. The molecule has 0 aliphatic heterocycles. The van der Waals surface area contributed by atoms with Gasteiger partial charge in [0.15, 0.2) is 0 Å². The minimum absolute atomic E-state index is 0.0280. The van der Waals surface area contributed by atoms with Crippen molar-refractivity contribution < 1.29 is 9.53 Å². The maximum Gasteiger partial charge on any atom is 0.305 e. The van der Waals surface area contributed by atoms with Gasteiger partial charge in [-0.2, -0.15) is 0 Å². The number of ether oxygens (including phenoxy) is 1. The van der Waals surface area contributed by atoms with Crippen molar-refractivity contribution in [1.82, 2.24) is 0 Å². The summed E-state index contributed by atoms with van der Waals surface area (Å²) in [4.78, 5) is 11.9. The van der Waals surface area contributed by atoms with Gasteiger partial charge >= 0.3 is 5.97 Å². The van der Waals surface area contributed by atoms with Gasteiger partial charge in [0.2, 0.25) is 0 Å². The predicted molar refractivity (Wildman–Crippen MR) is 179 cm³/mol. The molecule has 40 heavy (non-hydrogen) atoms. The zero-order valence-electron chi connectivity index (χ0n) is 28.1. The van der Waals surface area contributed by atoms with Crippen LogP contribution in [0.3, 0.4) is 0 Å². The number of esters is 1. The lowest BCUT2D eigenvalue weighted by molar-refractivity contribution is -0.143. The normalized spacial score (nSPS) is 11.3. The first kappa shape index (κ1) is 39.5. The first-order valence-electron chi connectivity index (χ1n) is 19.0. The van der Waals surface area contributed by atoms with Crippen molar-refractivity contribution in [3.05, 3.63) is 0 Å². The lowest BCUT2D eigenvalue weighted by Gasteiger charge is -2.06. The van der Waals surface area contributed by atoms with E-state index in [1.165, 1.54) is 199 Å². The summed E-state index contributed by atoms with van der Waals surface area (Å²) in [7, 11) is 0. The van der Waals surface area contributed by atoms with Crippen molar-refractivity contribution in [2.45, 2.75) is 232 Å². The lowest BCUT2D eigenvalue weighted by Crippen LogP contribution is -2.05. The highest BCUT2D eigenvalue weighted by Gasteiger charge is 2.03. The number of unbranched alkanes of at least 4 members (excludes halogenated alkanes) is 31. The highest BCUT2D eigenvalue weighted by Crippen LogP contribution is 2.16. The maximum atomic E-state index is 11.9. The number of hydrogen-bond donors (Lipinski definition) is 0. The molecule has 0 fully saturated rings. The fourth-order valence-electron chi connectivity index (χ4n) is 5.90. The Bertz CT molecular complexity index is 460. The molecule has 0 heterocycles. The summed E-state index contributed by atoms with van der Waals surface area (Å²) in [6.45, 7) is 5.21. The molecule has 0 saturated heterocycles. The predicted octanol–water partition coefficient (Wildman–Crippen LogP) is 13.8. The quantitative estimate of drug-likeness (QED) is 0.0565. The Hall–Kier alpha value is -0.530.